The van der Waals surface area contributed by atoms with Gasteiger partial charge in [-0.3, -0.25) is 0 Å². The van der Waals surface area contributed by atoms with Crippen LogP contribution in [0.2, 0.25) is 5.02 Å². The van der Waals surface area contributed by atoms with Crippen LogP contribution in [0.15, 0.2) is 12.1 Å². The molecule has 0 atom stereocenters. The van der Waals surface area contributed by atoms with Gasteiger partial charge in [0.1, 0.15) is 11.5 Å². The number of halogens is 1. The van der Waals surface area contributed by atoms with Crippen molar-refractivity contribution in [2.45, 2.75) is 20.3 Å². The van der Waals surface area contributed by atoms with Crippen LogP contribution in [-0.2, 0) is 0 Å². The second-order valence-corrected chi connectivity index (χ2v) is 3.88. The molecule has 0 aromatic heterocycles. The van der Waals surface area contributed by atoms with Crippen LogP contribution in [0.25, 0.3) is 0 Å². The summed E-state index contributed by atoms with van der Waals surface area (Å²) in [5, 5.41) is 0.579. The van der Waals surface area contributed by atoms with Gasteiger partial charge in [0.2, 0.25) is 0 Å². The Labute approximate surface area is 101 Å². The average Bonchev–Trinajstić information content (AvgIpc) is 2.25. The van der Waals surface area contributed by atoms with Crippen LogP contribution in [0.4, 0.5) is 0 Å². The summed E-state index contributed by atoms with van der Waals surface area (Å²) >= 11 is 6.06. The van der Waals surface area contributed by atoms with E-state index >= 15 is 0 Å². The van der Waals surface area contributed by atoms with Gasteiger partial charge in [-0.2, -0.15) is 0 Å². The van der Waals surface area contributed by atoms with Crippen LogP contribution in [0, 0.1) is 6.92 Å². The summed E-state index contributed by atoms with van der Waals surface area (Å²) in [7, 11) is 0. The summed E-state index contributed by atoms with van der Waals surface area (Å²) < 4.78 is 11.0. The monoisotopic (exact) mass is 243 g/mol. The summed E-state index contributed by atoms with van der Waals surface area (Å²) in [6, 6.07) is 3.68. The molecule has 1 aromatic rings. The highest BCUT2D eigenvalue weighted by Gasteiger charge is 2.07. The van der Waals surface area contributed by atoms with E-state index in [1.54, 1.807) is 6.07 Å². The summed E-state index contributed by atoms with van der Waals surface area (Å²) in [6.07, 6.45) is 0.838. The Bertz CT molecular complexity index is 342. The molecule has 0 amide bonds. The maximum atomic E-state index is 6.06. The zero-order valence-corrected chi connectivity index (χ0v) is 10.5. The Balaban J connectivity index is 2.75. The van der Waals surface area contributed by atoms with Gasteiger partial charge in [0.05, 0.1) is 18.2 Å². The van der Waals surface area contributed by atoms with E-state index in [4.69, 9.17) is 26.8 Å². The number of aryl methyl sites for hydroxylation is 1. The second kappa shape index (κ2) is 6.61. The molecule has 0 radical (unpaired) electrons. The predicted molar refractivity (Wildman–Crippen MR) is 66.5 cm³/mol. The lowest BCUT2D eigenvalue weighted by Crippen LogP contribution is -2.06. The number of nitrogens with two attached hydrogens (primary N) is 1. The molecule has 0 spiro atoms. The molecule has 90 valence electrons. The Morgan fingerprint density at radius 2 is 2.00 bits per heavy atom. The quantitative estimate of drug-likeness (QED) is 0.782. The highest BCUT2D eigenvalue weighted by molar-refractivity contribution is 6.32. The highest BCUT2D eigenvalue weighted by atomic mass is 35.5. The van der Waals surface area contributed by atoms with E-state index in [1.807, 2.05) is 19.9 Å². The standard InChI is InChI=1S/C12H18ClNO2/c1-3-15-12-7-9(2)11(8-10(12)13)16-6-4-5-14/h7-8H,3-6,14H2,1-2H3. The Kier molecular flexibility index (Phi) is 5.43. The average molecular weight is 244 g/mol. The molecule has 0 unspecified atom stereocenters. The highest BCUT2D eigenvalue weighted by Crippen LogP contribution is 2.32. The Morgan fingerprint density at radius 3 is 2.62 bits per heavy atom. The molecule has 0 aliphatic carbocycles. The van der Waals surface area contributed by atoms with Crippen LogP contribution < -0.4 is 15.2 Å². The molecule has 0 heterocycles. The minimum absolute atomic E-state index is 0.579. The van der Waals surface area contributed by atoms with Crippen LogP contribution in [0.5, 0.6) is 11.5 Å². The first-order valence-electron chi connectivity index (χ1n) is 5.44. The van der Waals surface area contributed by atoms with Crippen LogP contribution >= 0.6 is 11.6 Å². The van der Waals surface area contributed by atoms with Crippen molar-refractivity contribution < 1.29 is 9.47 Å². The van der Waals surface area contributed by atoms with Crippen molar-refractivity contribution in [3.8, 4) is 11.5 Å². The van der Waals surface area contributed by atoms with Gasteiger partial charge in [-0.1, -0.05) is 11.6 Å². The van der Waals surface area contributed by atoms with E-state index < -0.39 is 0 Å². The molecule has 3 nitrogen and oxygen atoms in total. The fraction of sp³-hybridized carbons (Fsp3) is 0.500. The van der Waals surface area contributed by atoms with Crippen molar-refractivity contribution >= 4 is 11.6 Å². The molecule has 0 fully saturated rings. The van der Waals surface area contributed by atoms with Crippen molar-refractivity contribution in [1.82, 2.24) is 0 Å². The molecular weight excluding hydrogens is 226 g/mol. The molecule has 0 saturated heterocycles. The minimum Gasteiger partial charge on any atom is -0.493 e. The normalized spacial score (nSPS) is 10.2. The van der Waals surface area contributed by atoms with E-state index in [0.29, 0.717) is 30.5 Å². The molecule has 0 bridgehead atoms. The summed E-state index contributed by atoms with van der Waals surface area (Å²) in [6.45, 7) is 5.74. The van der Waals surface area contributed by atoms with E-state index in [0.717, 1.165) is 17.7 Å². The van der Waals surface area contributed by atoms with Gasteiger partial charge < -0.3 is 15.2 Å². The van der Waals surface area contributed by atoms with E-state index in [-0.39, 0.29) is 0 Å². The molecule has 0 saturated carbocycles. The zero-order valence-electron chi connectivity index (χ0n) is 9.75. The summed E-state index contributed by atoms with van der Waals surface area (Å²) in [5.74, 6) is 1.50. The van der Waals surface area contributed by atoms with Crippen molar-refractivity contribution in [3.63, 3.8) is 0 Å². The van der Waals surface area contributed by atoms with E-state index in [2.05, 4.69) is 0 Å². The first kappa shape index (κ1) is 13.1. The number of rotatable bonds is 6. The molecular formula is C12H18ClNO2. The Hall–Kier alpha value is -0.930. The smallest absolute Gasteiger partial charge is 0.138 e. The van der Waals surface area contributed by atoms with Gasteiger partial charge in [0.25, 0.3) is 0 Å². The lowest BCUT2D eigenvalue weighted by Gasteiger charge is -2.12. The summed E-state index contributed by atoms with van der Waals surface area (Å²) in [4.78, 5) is 0. The van der Waals surface area contributed by atoms with Crippen LogP contribution in [-0.4, -0.2) is 19.8 Å². The van der Waals surface area contributed by atoms with Crippen molar-refractivity contribution in [1.29, 1.82) is 0 Å². The third-order valence-electron chi connectivity index (χ3n) is 2.14. The van der Waals surface area contributed by atoms with E-state index in [1.165, 1.54) is 0 Å². The molecule has 0 aliphatic rings. The van der Waals surface area contributed by atoms with Gasteiger partial charge in [-0.15, -0.1) is 0 Å². The lowest BCUT2D eigenvalue weighted by molar-refractivity contribution is 0.308. The lowest BCUT2D eigenvalue weighted by atomic mass is 10.2. The van der Waals surface area contributed by atoms with Crippen LogP contribution in [0.3, 0.4) is 0 Å². The van der Waals surface area contributed by atoms with Gasteiger partial charge in [-0.25, -0.2) is 0 Å². The molecule has 1 aromatic carbocycles. The predicted octanol–water partition coefficient (Wildman–Crippen LogP) is 2.77. The number of hydrogen-bond donors (Lipinski definition) is 1. The SMILES string of the molecule is CCOc1cc(C)c(OCCCN)cc1Cl. The van der Waals surface area contributed by atoms with Crippen molar-refractivity contribution in [2.75, 3.05) is 19.8 Å². The number of ether oxygens (including phenoxy) is 2. The van der Waals surface area contributed by atoms with Crippen molar-refractivity contribution in [2.24, 2.45) is 5.73 Å². The minimum atomic E-state index is 0.579. The largest absolute Gasteiger partial charge is 0.493 e. The first-order chi connectivity index (χ1) is 7.69. The molecule has 2 N–H and O–H groups in total. The Morgan fingerprint density at radius 1 is 1.25 bits per heavy atom. The van der Waals surface area contributed by atoms with Crippen molar-refractivity contribution in [3.05, 3.63) is 22.7 Å². The second-order valence-electron chi connectivity index (χ2n) is 3.47. The van der Waals surface area contributed by atoms with Gasteiger partial charge in [-0.05, 0) is 38.4 Å². The molecule has 4 heteroatoms. The first-order valence-corrected chi connectivity index (χ1v) is 5.82. The van der Waals surface area contributed by atoms with E-state index in [9.17, 15) is 0 Å². The zero-order chi connectivity index (χ0) is 12.0. The molecule has 16 heavy (non-hydrogen) atoms. The number of benzene rings is 1. The van der Waals surface area contributed by atoms with Crippen LogP contribution in [0.1, 0.15) is 18.9 Å². The molecule has 1 rings (SSSR count). The fourth-order valence-electron chi connectivity index (χ4n) is 1.32. The third-order valence-corrected chi connectivity index (χ3v) is 2.43. The third kappa shape index (κ3) is 3.58. The maximum Gasteiger partial charge on any atom is 0.138 e. The number of hydrogen-bond acceptors (Lipinski definition) is 3. The van der Waals surface area contributed by atoms with Gasteiger partial charge >= 0.3 is 0 Å². The topological polar surface area (TPSA) is 44.5 Å². The summed E-state index contributed by atoms with van der Waals surface area (Å²) in [5.41, 5.74) is 6.42. The fourth-order valence-corrected chi connectivity index (χ4v) is 1.53. The van der Waals surface area contributed by atoms with Gasteiger partial charge in [0, 0.05) is 6.07 Å². The maximum absolute atomic E-state index is 6.06. The van der Waals surface area contributed by atoms with Gasteiger partial charge in [0.15, 0.2) is 0 Å². The molecule has 0 aliphatic heterocycles.